The standard InChI is InChI=1S/C29H38N2O4/c1-22-9-11-25(19-23(22)2)29(34)13-17-30(18-14-29)20-26(32)21-35-27-8-4-3-7-24(27)10-12-28(33)31-15-5-6-16-31/h3-4,7-12,19,26,32,34H,5-6,13-18,20-21H2,1-2H3. The van der Waals surface area contributed by atoms with Crippen LogP contribution in [0.2, 0.25) is 0 Å². The van der Waals surface area contributed by atoms with Gasteiger partial charge in [-0.15, -0.1) is 0 Å². The van der Waals surface area contributed by atoms with Crippen molar-refractivity contribution in [2.24, 2.45) is 0 Å². The summed E-state index contributed by atoms with van der Waals surface area (Å²) in [6, 6.07) is 13.8. The fourth-order valence-electron chi connectivity index (χ4n) is 4.92. The van der Waals surface area contributed by atoms with Gasteiger partial charge in [-0.3, -0.25) is 4.79 Å². The van der Waals surface area contributed by atoms with Crippen molar-refractivity contribution in [3.63, 3.8) is 0 Å². The first-order valence-electron chi connectivity index (χ1n) is 12.7. The molecule has 2 aliphatic rings. The molecule has 2 aliphatic heterocycles. The second kappa shape index (κ2) is 11.4. The van der Waals surface area contributed by atoms with Crippen LogP contribution >= 0.6 is 0 Å². The summed E-state index contributed by atoms with van der Waals surface area (Å²) in [7, 11) is 0. The molecule has 2 saturated heterocycles. The molecule has 0 radical (unpaired) electrons. The van der Waals surface area contributed by atoms with Gasteiger partial charge in [0.15, 0.2) is 0 Å². The van der Waals surface area contributed by atoms with E-state index in [1.165, 1.54) is 11.1 Å². The number of aryl methyl sites for hydroxylation is 2. The normalized spacial score (nSPS) is 19.3. The third-order valence-electron chi connectivity index (χ3n) is 7.37. The minimum atomic E-state index is -0.811. The molecule has 6 heteroatoms. The van der Waals surface area contributed by atoms with Gasteiger partial charge < -0.3 is 24.7 Å². The lowest BCUT2D eigenvalue weighted by Crippen LogP contribution is -2.46. The van der Waals surface area contributed by atoms with E-state index >= 15 is 0 Å². The van der Waals surface area contributed by atoms with Gasteiger partial charge in [0.25, 0.3) is 0 Å². The molecule has 2 aromatic rings. The second-order valence-corrected chi connectivity index (χ2v) is 10.00. The molecular weight excluding hydrogens is 440 g/mol. The number of likely N-dealkylation sites (tertiary alicyclic amines) is 2. The van der Waals surface area contributed by atoms with E-state index in [0.29, 0.717) is 25.1 Å². The Morgan fingerprint density at radius 2 is 1.77 bits per heavy atom. The van der Waals surface area contributed by atoms with E-state index in [2.05, 4.69) is 30.9 Å². The van der Waals surface area contributed by atoms with E-state index in [-0.39, 0.29) is 12.5 Å². The molecule has 2 heterocycles. The maximum absolute atomic E-state index is 12.3. The Hall–Kier alpha value is -2.67. The number of benzene rings is 2. The van der Waals surface area contributed by atoms with Crippen molar-refractivity contribution in [3.05, 3.63) is 70.8 Å². The Labute approximate surface area is 208 Å². The predicted molar refractivity (Wildman–Crippen MR) is 138 cm³/mol. The highest BCUT2D eigenvalue weighted by atomic mass is 16.5. The maximum Gasteiger partial charge on any atom is 0.246 e. The summed E-state index contributed by atoms with van der Waals surface area (Å²) in [5, 5.41) is 21.8. The number of β-amino-alcohol motifs (C(OH)–C–C–N with tert-alkyl or cyclic N) is 1. The quantitative estimate of drug-likeness (QED) is 0.567. The van der Waals surface area contributed by atoms with Crippen LogP contribution < -0.4 is 4.74 Å². The van der Waals surface area contributed by atoms with Gasteiger partial charge >= 0.3 is 0 Å². The molecule has 0 bridgehead atoms. The summed E-state index contributed by atoms with van der Waals surface area (Å²) in [6.07, 6.45) is 6.17. The number of hydrogen-bond donors (Lipinski definition) is 2. The minimum Gasteiger partial charge on any atom is -0.490 e. The molecular formula is C29H38N2O4. The van der Waals surface area contributed by atoms with Crippen LogP contribution in [0, 0.1) is 13.8 Å². The molecule has 0 aromatic heterocycles. The maximum atomic E-state index is 12.3. The Balaban J connectivity index is 1.26. The molecule has 4 rings (SSSR count). The first kappa shape index (κ1) is 25.4. The van der Waals surface area contributed by atoms with Crippen LogP contribution in [0.1, 0.15) is 47.9 Å². The molecule has 1 atom stereocenters. The largest absolute Gasteiger partial charge is 0.490 e. The zero-order valence-electron chi connectivity index (χ0n) is 20.9. The highest BCUT2D eigenvalue weighted by Gasteiger charge is 2.34. The van der Waals surface area contributed by atoms with Crippen LogP contribution in [0.25, 0.3) is 6.08 Å². The van der Waals surface area contributed by atoms with Crippen LogP contribution in [0.5, 0.6) is 5.75 Å². The topological polar surface area (TPSA) is 73.2 Å². The molecule has 0 aliphatic carbocycles. The monoisotopic (exact) mass is 478 g/mol. The van der Waals surface area contributed by atoms with Crippen LogP contribution in [0.4, 0.5) is 0 Å². The lowest BCUT2D eigenvalue weighted by Gasteiger charge is -2.39. The fraction of sp³-hybridized carbons (Fsp3) is 0.483. The lowest BCUT2D eigenvalue weighted by atomic mass is 9.83. The molecule has 2 aromatic carbocycles. The Morgan fingerprint density at radius 1 is 1.06 bits per heavy atom. The van der Waals surface area contributed by atoms with Gasteiger partial charge in [0, 0.05) is 44.4 Å². The van der Waals surface area contributed by atoms with Gasteiger partial charge in [-0.2, -0.15) is 0 Å². The van der Waals surface area contributed by atoms with Crippen molar-refractivity contribution in [1.82, 2.24) is 9.80 Å². The summed E-state index contributed by atoms with van der Waals surface area (Å²) < 4.78 is 5.93. The third kappa shape index (κ3) is 6.51. The zero-order chi connectivity index (χ0) is 24.8. The van der Waals surface area contributed by atoms with E-state index in [0.717, 1.165) is 50.1 Å². The van der Waals surface area contributed by atoms with Crippen molar-refractivity contribution < 1.29 is 19.7 Å². The summed E-state index contributed by atoms with van der Waals surface area (Å²) >= 11 is 0. The number of carbonyl (C=O) groups excluding carboxylic acids is 1. The molecule has 2 N–H and O–H groups in total. The van der Waals surface area contributed by atoms with E-state index in [9.17, 15) is 15.0 Å². The summed E-state index contributed by atoms with van der Waals surface area (Å²) in [5.74, 6) is 0.683. The first-order chi connectivity index (χ1) is 16.8. The molecule has 1 unspecified atom stereocenters. The smallest absolute Gasteiger partial charge is 0.246 e. The van der Waals surface area contributed by atoms with E-state index in [1.54, 1.807) is 12.2 Å². The van der Waals surface area contributed by atoms with Crippen molar-refractivity contribution in [2.75, 3.05) is 39.3 Å². The number of ether oxygens (including phenoxy) is 1. The number of carbonyl (C=O) groups is 1. The summed E-state index contributed by atoms with van der Waals surface area (Å²) in [4.78, 5) is 16.4. The number of rotatable bonds is 8. The summed E-state index contributed by atoms with van der Waals surface area (Å²) in [6.45, 7) is 7.91. The number of amides is 1. The van der Waals surface area contributed by atoms with Crippen molar-refractivity contribution in [1.29, 1.82) is 0 Å². The average Bonchev–Trinajstić information content (AvgIpc) is 3.40. The third-order valence-corrected chi connectivity index (χ3v) is 7.37. The lowest BCUT2D eigenvalue weighted by molar-refractivity contribution is -0.124. The van der Waals surface area contributed by atoms with Crippen molar-refractivity contribution >= 4 is 12.0 Å². The van der Waals surface area contributed by atoms with Gasteiger partial charge in [-0.1, -0.05) is 36.4 Å². The summed E-state index contributed by atoms with van der Waals surface area (Å²) in [5.41, 5.74) is 3.42. The number of para-hydroxylation sites is 1. The fourth-order valence-corrected chi connectivity index (χ4v) is 4.92. The van der Waals surface area contributed by atoms with Gasteiger partial charge in [0.2, 0.25) is 5.91 Å². The number of aliphatic hydroxyl groups excluding tert-OH is 1. The SMILES string of the molecule is Cc1ccc(C2(O)CCN(CC(O)COc3ccccc3C=CC(=O)N3CCCC3)CC2)cc1C. The van der Waals surface area contributed by atoms with Gasteiger partial charge in [0.05, 0.1) is 5.60 Å². The van der Waals surface area contributed by atoms with Crippen LogP contribution in [0.3, 0.4) is 0 Å². The molecule has 0 saturated carbocycles. The van der Waals surface area contributed by atoms with Gasteiger partial charge in [-0.05, 0) is 68.4 Å². The van der Waals surface area contributed by atoms with Crippen LogP contribution in [0.15, 0.2) is 48.5 Å². The van der Waals surface area contributed by atoms with Crippen LogP contribution in [-0.2, 0) is 10.4 Å². The Kier molecular flexibility index (Phi) is 8.26. The molecule has 35 heavy (non-hydrogen) atoms. The van der Waals surface area contributed by atoms with E-state index in [4.69, 9.17) is 4.74 Å². The Bertz CT molecular complexity index is 1040. The first-order valence-corrected chi connectivity index (χ1v) is 12.7. The van der Waals surface area contributed by atoms with E-state index in [1.807, 2.05) is 35.2 Å². The Morgan fingerprint density at radius 3 is 2.49 bits per heavy atom. The number of aliphatic hydroxyl groups is 2. The number of nitrogens with zero attached hydrogens (tertiary/aromatic N) is 2. The van der Waals surface area contributed by atoms with Crippen LogP contribution in [-0.4, -0.2) is 71.4 Å². The average molecular weight is 479 g/mol. The molecule has 6 nitrogen and oxygen atoms in total. The molecule has 2 fully saturated rings. The van der Waals surface area contributed by atoms with Gasteiger partial charge in [-0.25, -0.2) is 0 Å². The minimum absolute atomic E-state index is 0.0307. The molecule has 1 amide bonds. The number of piperidine rings is 1. The highest BCUT2D eigenvalue weighted by molar-refractivity contribution is 5.92. The van der Waals surface area contributed by atoms with E-state index < -0.39 is 11.7 Å². The van der Waals surface area contributed by atoms with Crippen molar-refractivity contribution in [3.8, 4) is 5.75 Å². The number of hydrogen-bond acceptors (Lipinski definition) is 5. The van der Waals surface area contributed by atoms with Crippen molar-refractivity contribution in [2.45, 2.75) is 51.2 Å². The molecule has 188 valence electrons. The molecule has 0 spiro atoms. The predicted octanol–water partition coefficient (Wildman–Crippen LogP) is 3.66. The van der Waals surface area contributed by atoms with Gasteiger partial charge in [0.1, 0.15) is 18.5 Å². The highest BCUT2D eigenvalue weighted by Crippen LogP contribution is 2.33. The second-order valence-electron chi connectivity index (χ2n) is 10.00. The zero-order valence-corrected chi connectivity index (χ0v) is 20.9.